The smallest absolute Gasteiger partial charge is 0.282 e. The van der Waals surface area contributed by atoms with Crippen LogP contribution in [0.2, 0.25) is 5.02 Å². The first-order valence-electron chi connectivity index (χ1n) is 6.97. The molecule has 19 heavy (non-hydrogen) atoms. The number of piperidine rings is 1. The van der Waals surface area contributed by atoms with Crippen LogP contribution in [0.3, 0.4) is 0 Å². The van der Waals surface area contributed by atoms with E-state index < -0.39 is 0 Å². The molecule has 1 unspecified atom stereocenters. The highest BCUT2D eigenvalue weighted by molar-refractivity contribution is 6.30. The van der Waals surface area contributed by atoms with Gasteiger partial charge in [-0.15, -0.1) is 0 Å². The highest BCUT2D eigenvalue weighted by atomic mass is 35.5. The lowest BCUT2D eigenvalue weighted by Crippen LogP contribution is -3.17. The Hall–Kier alpha value is -1.06. The molecule has 1 aromatic carbocycles. The molecule has 2 rings (SSSR count). The molecule has 1 fully saturated rings. The summed E-state index contributed by atoms with van der Waals surface area (Å²) in [6.45, 7) is 6.47. The molecule has 3 atom stereocenters. The number of anilines is 1. The monoisotopic (exact) mass is 281 g/mol. The van der Waals surface area contributed by atoms with Crippen LogP contribution in [0.4, 0.5) is 5.69 Å². The average molecular weight is 282 g/mol. The van der Waals surface area contributed by atoms with Gasteiger partial charge in [0.05, 0.1) is 13.1 Å². The van der Waals surface area contributed by atoms with E-state index in [1.165, 1.54) is 17.7 Å². The van der Waals surface area contributed by atoms with E-state index in [1.807, 2.05) is 19.1 Å². The molecule has 1 aliphatic heterocycles. The fourth-order valence-corrected chi connectivity index (χ4v) is 2.82. The van der Waals surface area contributed by atoms with Crippen LogP contribution in [-0.4, -0.2) is 25.0 Å². The van der Waals surface area contributed by atoms with E-state index in [0.29, 0.717) is 5.02 Å². The molecule has 0 radical (unpaired) electrons. The first kappa shape index (κ1) is 14.4. The Labute approximate surface area is 119 Å². The second-order valence-electron chi connectivity index (χ2n) is 5.58. The van der Waals surface area contributed by atoms with Crippen LogP contribution >= 0.6 is 11.6 Å². The van der Waals surface area contributed by atoms with Crippen molar-refractivity contribution in [2.45, 2.75) is 32.7 Å². The third-order valence-electron chi connectivity index (χ3n) is 3.92. The molecule has 1 saturated heterocycles. The summed E-state index contributed by atoms with van der Waals surface area (Å²) in [5, 5.41) is 3.64. The molecule has 2 N–H and O–H groups in total. The number of benzene rings is 1. The largest absolute Gasteiger partial charge is 0.325 e. The zero-order chi connectivity index (χ0) is 13.8. The van der Waals surface area contributed by atoms with Gasteiger partial charge in [0.25, 0.3) is 5.91 Å². The summed E-state index contributed by atoms with van der Waals surface area (Å²) in [5.41, 5.74) is 0.811. The van der Waals surface area contributed by atoms with Gasteiger partial charge in [-0.25, -0.2) is 0 Å². The molecule has 1 amide bonds. The van der Waals surface area contributed by atoms with Crippen molar-refractivity contribution in [2.24, 2.45) is 5.92 Å². The zero-order valence-corrected chi connectivity index (χ0v) is 12.3. The maximum Gasteiger partial charge on any atom is 0.282 e. The summed E-state index contributed by atoms with van der Waals surface area (Å²) >= 11 is 5.83. The van der Waals surface area contributed by atoms with Gasteiger partial charge in [-0.3, -0.25) is 4.79 Å². The number of carbonyl (C=O) groups excluding carboxylic acids is 1. The minimum Gasteiger partial charge on any atom is -0.325 e. The number of halogens is 1. The van der Waals surface area contributed by atoms with Crippen LogP contribution < -0.4 is 10.2 Å². The third-order valence-corrected chi connectivity index (χ3v) is 4.17. The first-order chi connectivity index (χ1) is 9.06. The molecule has 3 nitrogen and oxygen atoms in total. The van der Waals surface area contributed by atoms with Crippen molar-refractivity contribution in [3.63, 3.8) is 0 Å². The summed E-state index contributed by atoms with van der Waals surface area (Å²) in [7, 11) is 0. The second kappa shape index (κ2) is 6.40. The van der Waals surface area contributed by atoms with E-state index in [0.717, 1.165) is 24.7 Å². The number of nitrogens with one attached hydrogen (secondary N) is 2. The van der Waals surface area contributed by atoms with Crippen LogP contribution in [0.1, 0.15) is 26.7 Å². The number of carbonyl (C=O) groups is 1. The Bertz CT molecular complexity index is 432. The van der Waals surface area contributed by atoms with Crippen molar-refractivity contribution in [3.05, 3.63) is 29.3 Å². The predicted octanol–water partition coefficient (Wildman–Crippen LogP) is 1.98. The number of hydrogen-bond donors (Lipinski definition) is 2. The van der Waals surface area contributed by atoms with Gasteiger partial charge in [-0.1, -0.05) is 18.5 Å². The summed E-state index contributed by atoms with van der Waals surface area (Å²) in [6, 6.07) is 7.25. The molecule has 0 saturated carbocycles. The Morgan fingerprint density at radius 2 is 2.11 bits per heavy atom. The number of amides is 1. The number of quaternary nitrogens is 1. The topological polar surface area (TPSA) is 33.5 Å². The molecule has 1 aliphatic rings. The van der Waals surface area contributed by atoms with Gasteiger partial charge < -0.3 is 10.2 Å². The standard InChI is InChI=1S/C15H21ClN2O/c1-11-4-3-9-18(10-11)12(2)15(19)17-14-7-5-13(16)6-8-14/h5-8,11-12H,3-4,9-10H2,1-2H3,(H,17,19)/p+1/t11-,12-/m0/s1. The fourth-order valence-electron chi connectivity index (χ4n) is 2.69. The zero-order valence-electron chi connectivity index (χ0n) is 11.6. The minimum atomic E-state index is -0.00146. The predicted molar refractivity (Wildman–Crippen MR) is 78.6 cm³/mol. The van der Waals surface area contributed by atoms with Crippen molar-refractivity contribution in [3.8, 4) is 0 Å². The highest BCUT2D eigenvalue weighted by Gasteiger charge is 2.29. The van der Waals surface area contributed by atoms with Crippen LogP contribution in [0, 0.1) is 5.92 Å². The summed E-state index contributed by atoms with van der Waals surface area (Å²) in [6.07, 6.45) is 2.50. The SMILES string of the molecule is C[C@H]1CCC[NH+]([C@@H](C)C(=O)Nc2ccc(Cl)cc2)C1. The minimum absolute atomic E-state index is 0.00146. The molecule has 0 bridgehead atoms. The van der Waals surface area contributed by atoms with Gasteiger partial charge in [0.1, 0.15) is 0 Å². The fraction of sp³-hybridized carbons (Fsp3) is 0.533. The molecule has 104 valence electrons. The van der Waals surface area contributed by atoms with Gasteiger partial charge in [0, 0.05) is 16.6 Å². The summed E-state index contributed by atoms with van der Waals surface area (Å²) in [5.74, 6) is 0.806. The third kappa shape index (κ3) is 3.95. The number of hydrogen-bond acceptors (Lipinski definition) is 1. The normalized spacial score (nSPS) is 24.8. The molecule has 1 heterocycles. The van der Waals surface area contributed by atoms with Crippen molar-refractivity contribution in [2.75, 3.05) is 18.4 Å². The van der Waals surface area contributed by atoms with Crippen molar-refractivity contribution < 1.29 is 9.69 Å². The van der Waals surface area contributed by atoms with Gasteiger partial charge in [0.15, 0.2) is 6.04 Å². The van der Waals surface area contributed by atoms with E-state index in [-0.39, 0.29) is 11.9 Å². The van der Waals surface area contributed by atoms with Crippen LogP contribution in [-0.2, 0) is 4.79 Å². The van der Waals surface area contributed by atoms with Gasteiger partial charge in [-0.05, 0) is 44.0 Å². The Kier molecular flexibility index (Phi) is 4.83. The van der Waals surface area contributed by atoms with Crippen LogP contribution in [0.15, 0.2) is 24.3 Å². The van der Waals surface area contributed by atoms with E-state index in [4.69, 9.17) is 11.6 Å². The molecule has 0 aromatic heterocycles. The lowest BCUT2D eigenvalue weighted by atomic mass is 9.99. The lowest BCUT2D eigenvalue weighted by Gasteiger charge is -2.31. The molecular weight excluding hydrogens is 260 g/mol. The quantitative estimate of drug-likeness (QED) is 0.873. The number of likely N-dealkylation sites (tertiary alicyclic amines) is 1. The maximum absolute atomic E-state index is 12.2. The molecule has 0 aliphatic carbocycles. The first-order valence-corrected chi connectivity index (χ1v) is 7.35. The highest BCUT2D eigenvalue weighted by Crippen LogP contribution is 2.13. The van der Waals surface area contributed by atoms with Gasteiger partial charge in [0.2, 0.25) is 0 Å². The van der Waals surface area contributed by atoms with E-state index in [9.17, 15) is 4.79 Å². The molecule has 1 aromatic rings. The molecule has 0 spiro atoms. The molecule has 4 heteroatoms. The van der Waals surface area contributed by atoms with Gasteiger partial charge in [-0.2, -0.15) is 0 Å². The van der Waals surface area contributed by atoms with Crippen LogP contribution in [0.25, 0.3) is 0 Å². The van der Waals surface area contributed by atoms with E-state index in [1.54, 1.807) is 12.1 Å². The summed E-state index contributed by atoms with van der Waals surface area (Å²) in [4.78, 5) is 13.6. The number of rotatable bonds is 3. The van der Waals surface area contributed by atoms with Crippen LogP contribution in [0.5, 0.6) is 0 Å². The van der Waals surface area contributed by atoms with E-state index in [2.05, 4.69) is 12.2 Å². The lowest BCUT2D eigenvalue weighted by molar-refractivity contribution is -0.922. The Morgan fingerprint density at radius 3 is 2.74 bits per heavy atom. The maximum atomic E-state index is 12.2. The Morgan fingerprint density at radius 1 is 1.42 bits per heavy atom. The van der Waals surface area contributed by atoms with E-state index >= 15 is 0 Å². The average Bonchev–Trinajstić information content (AvgIpc) is 2.40. The van der Waals surface area contributed by atoms with Gasteiger partial charge >= 0.3 is 0 Å². The second-order valence-corrected chi connectivity index (χ2v) is 6.01. The van der Waals surface area contributed by atoms with Crippen molar-refractivity contribution in [1.29, 1.82) is 0 Å². The van der Waals surface area contributed by atoms with Crippen molar-refractivity contribution >= 4 is 23.2 Å². The van der Waals surface area contributed by atoms with Crippen molar-refractivity contribution in [1.82, 2.24) is 0 Å². The summed E-state index contributed by atoms with van der Waals surface area (Å²) < 4.78 is 0. The Balaban J connectivity index is 1.93. The molecular formula is C15H22ClN2O+.